The maximum Gasteiger partial charge on any atom is 0.341 e. The zero-order valence-electron chi connectivity index (χ0n) is 11.8. The van der Waals surface area contributed by atoms with Gasteiger partial charge in [0.05, 0.1) is 18.5 Å². The van der Waals surface area contributed by atoms with Crippen molar-refractivity contribution in [2.24, 2.45) is 0 Å². The number of nitrogen functional groups attached to an aromatic ring is 1. The lowest BCUT2D eigenvalue weighted by Gasteiger charge is -2.12. The molecular formula is C15H16BrN3O2. The van der Waals surface area contributed by atoms with Crippen LogP contribution < -0.4 is 11.1 Å². The summed E-state index contributed by atoms with van der Waals surface area (Å²) in [6.45, 7) is 4.03. The first kappa shape index (κ1) is 15.3. The number of halogens is 1. The van der Waals surface area contributed by atoms with Crippen molar-refractivity contribution in [2.75, 3.05) is 17.7 Å². The predicted octanol–water partition coefficient (Wildman–Crippen LogP) is 3.66. The number of benzene rings is 1. The Morgan fingerprint density at radius 3 is 2.86 bits per heavy atom. The minimum absolute atomic E-state index is 0.296. The lowest BCUT2D eigenvalue weighted by molar-refractivity contribution is 0.0527. The highest BCUT2D eigenvalue weighted by molar-refractivity contribution is 9.10. The first-order valence-electron chi connectivity index (χ1n) is 6.47. The van der Waals surface area contributed by atoms with Crippen molar-refractivity contribution >= 4 is 39.1 Å². The summed E-state index contributed by atoms with van der Waals surface area (Å²) in [5.41, 5.74) is 8.33. The van der Waals surface area contributed by atoms with Gasteiger partial charge in [-0.05, 0) is 43.7 Å². The number of ether oxygens (including phenoxy) is 1. The number of carbonyl (C=O) groups excluding carboxylic acids is 1. The van der Waals surface area contributed by atoms with Gasteiger partial charge >= 0.3 is 5.97 Å². The highest BCUT2D eigenvalue weighted by atomic mass is 79.9. The minimum Gasteiger partial charge on any atom is -0.462 e. The smallest absolute Gasteiger partial charge is 0.341 e. The van der Waals surface area contributed by atoms with Crippen LogP contribution in [0.5, 0.6) is 0 Å². The number of pyridine rings is 1. The standard InChI is InChI=1S/C15H16BrN3O2/c1-3-21-15(20)12-7-10(17)8-18-14(12)19-11-4-5-13(16)9(2)6-11/h4-8H,3,17H2,1-2H3,(H,18,19). The van der Waals surface area contributed by atoms with E-state index in [0.29, 0.717) is 23.7 Å². The molecule has 0 amide bonds. The molecule has 0 bridgehead atoms. The Kier molecular flexibility index (Phi) is 4.80. The van der Waals surface area contributed by atoms with Crippen molar-refractivity contribution < 1.29 is 9.53 Å². The van der Waals surface area contributed by atoms with Crippen LogP contribution in [0, 0.1) is 6.92 Å². The summed E-state index contributed by atoms with van der Waals surface area (Å²) in [6.07, 6.45) is 1.50. The molecule has 21 heavy (non-hydrogen) atoms. The monoisotopic (exact) mass is 349 g/mol. The van der Waals surface area contributed by atoms with E-state index in [1.165, 1.54) is 6.20 Å². The van der Waals surface area contributed by atoms with E-state index >= 15 is 0 Å². The third kappa shape index (κ3) is 3.72. The zero-order chi connectivity index (χ0) is 15.4. The van der Waals surface area contributed by atoms with E-state index in [0.717, 1.165) is 15.7 Å². The number of hydrogen-bond acceptors (Lipinski definition) is 5. The van der Waals surface area contributed by atoms with Gasteiger partial charge in [-0.25, -0.2) is 9.78 Å². The van der Waals surface area contributed by atoms with Gasteiger partial charge in [0.15, 0.2) is 0 Å². The number of esters is 1. The van der Waals surface area contributed by atoms with Gasteiger partial charge < -0.3 is 15.8 Å². The second-order valence-electron chi connectivity index (χ2n) is 4.47. The Morgan fingerprint density at radius 2 is 2.19 bits per heavy atom. The lowest BCUT2D eigenvalue weighted by atomic mass is 10.2. The molecule has 0 fully saturated rings. The van der Waals surface area contributed by atoms with Crippen LogP contribution in [0.2, 0.25) is 0 Å². The molecule has 1 aromatic carbocycles. The first-order valence-corrected chi connectivity index (χ1v) is 7.26. The Hall–Kier alpha value is -2.08. The van der Waals surface area contributed by atoms with Gasteiger partial charge in [-0.1, -0.05) is 15.9 Å². The maximum absolute atomic E-state index is 12.0. The predicted molar refractivity (Wildman–Crippen MR) is 86.8 cm³/mol. The molecule has 0 atom stereocenters. The largest absolute Gasteiger partial charge is 0.462 e. The second kappa shape index (κ2) is 6.58. The van der Waals surface area contributed by atoms with Gasteiger partial charge in [0.1, 0.15) is 11.4 Å². The number of nitrogens with zero attached hydrogens (tertiary/aromatic N) is 1. The van der Waals surface area contributed by atoms with Crippen molar-refractivity contribution in [3.63, 3.8) is 0 Å². The number of hydrogen-bond donors (Lipinski definition) is 2. The molecule has 0 saturated carbocycles. The van der Waals surface area contributed by atoms with Crippen LogP contribution in [0.1, 0.15) is 22.8 Å². The lowest BCUT2D eigenvalue weighted by Crippen LogP contribution is -2.10. The van der Waals surface area contributed by atoms with Crippen molar-refractivity contribution in [1.82, 2.24) is 4.98 Å². The van der Waals surface area contributed by atoms with Gasteiger partial charge in [0, 0.05) is 10.2 Å². The Labute approximate surface area is 131 Å². The van der Waals surface area contributed by atoms with Gasteiger partial charge in [-0.15, -0.1) is 0 Å². The number of nitrogens with one attached hydrogen (secondary N) is 1. The van der Waals surface area contributed by atoms with Crippen molar-refractivity contribution in [2.45, 2.75) is 13.8 Å². The van der Waals surface area contributed by atoms with Gasteiger partial charge in [-0.3, -0.25) is 0 Å². The molecule has 0 aliphatic carbocycles. The molecule has 0 saturated heterocycles. The van der Waals surface area contributed by atoms with E-state index in [-0.39, 0.29) is 0 Å². The van der Waals surface area contributed by atoms with Crippen molar-refractivity contribution in [3.05, 3.63) is 46.1 Å². The summed E-state index contributed by atoms with van der Waals surface area (Å²) in [5, 5.41) is 3.12. The molecule has 2 aromatic rings. The Morgan fingerprint density at radius 1 is 1.43 bits per heavy atom. The van der Waals surface area contributed by atoms with Crippen molar-refractivity contribution in [1.29, 1.82) is 0 Å². The number of anilines is 3. The van der Waals surface area contributed by atoms with Crippen LogP contribution in [0.3, 0.4) is 0 Å². The van der Waals surface area contributed by atoms with Crippen LogP contribution >= 0.6 is 15.9 Å². The second-order valence-corrected chi connectivity index (χ2v) is 5.33. The number of carbonyl (C=O) groups is 1. The molecule has 1 heterocycles. The molecule has 1 aromatic heterocycles. The third-order valence-corrected chi connectivity index (χ3v) is 3.71. The number of aryl methyl sites for hydroxylation is 1. The van der Waals surface area contributed by atoms with E-state index in [1.807, 2.05) is 25.1 Å². The Bertz CT molecular complexity index is 674. The van der Waals surface area contributed by atoms with Gasteiger partial charge in [0.2, 0.25) is 0 Å². The molecule has 3 N–H and O–H groups in total. The van der Waals surface area contributed by atoms with E-state index in [9.17, 15) is 4.79 Å². The fourth-order valence-corrected chi connectivity index (χ4v) is 2.05. The zero-order valence-corrected chi connectivity index (χ0v) is 13.4. The van der Waals surface area contributed by atoms with E-state index in [1.54, 1.807) is 13.0 Å². The van der Waals surface area contributed by atoms with E-state index < -0.39 is 5.97 Å². The van der Waals surface area contributed by atoms with Gasteiger partial charge in [-0.2, -0.15) is 0 Å². The van der Waals surface area contributed by atoms with Crippen molar-refractivity contribution in [3.8, 4) is 0 Å². The Balaban J connectivity index is 2.34. The summed E-state index contributed by atoms with van der Waals surface area (Å²) in [6, 6.07) is 7.33. The number of rotatable bonds is 4. The molecule has 5 nitrogen and oxygen atoms in total. The van der Waals surface area contributed by atoms with E-state index in [2.05, 4.69) is 26.2 Å². The summed E-state index contributed by atoms with van der Waals surface area (Å²) < 4.78 is 6.04. The summed E-state index contributed by atoms with van der Waals surface area (Å²) >= 11 is 3.45. The molecule has 2 rings (SSSR count). The van der Waals surface area contributed by atoms with Crippen LogP contribution in [0.15, 0.2) is 34.9 Å². The van der Waals surface area contributed by atoms with Crippen LogP contribution in [-0.4, -0.2) is 17.6 Å². The van der Waals surface area contributed by atoms with E-state index in [4.69, 9.17) is 10.5 Å². The third-order valence-electron chi connectivity index (χ3n) is 2.82. The quantitative estimate of drug-likeness (QED) is 0.823. The molecular weight excluding hydrogens is 334 g/mol. The molecule has 0 aliphatic heterocycles. The normalized spacial score (nSPS) is 10.2. The maximum atomic E-state index is 12.0. The highest BCUT2D eigenvalue weighted by Crippen LogP contribution is 2.25. The molecule has 6 heteroatoms. The SMILES string of the molecule is CCOC(=O)c1cc(N)cnc1Nc1ccc(Br)c(C)c1. The average molecular weight is 350 g/mol. The summed E-state index contributed by atoms with van der Waals surface area (Å²) in [7, 11) is 0. The minimum atomic E-state index is -0.450. The van der Waals surface area contributed by atoms with Gasteiger partial charge in [0.25, 0.3) is 0 Å². The molecule has 110 valence electrons. The summed E-state index contributed by atoms with van der Waals surface area (Å²) in [5.74, 6) is -0.0296. The molecule has 0 unspecified atom stereocenters. The topological polar surface area (TPSA) is 77.2 Å². The summed E-state index contributed by atoms with van der Waals surface area (Å²) in [4.78, 5) is 16.1. The molecule has 0 aliphatic rings. The van der Waals surface area contributed by atoms with Crippen LogP contribution in [0.4, 0.5) is 17.2 Å². The highest BCUT2D eigenvalue weighted by Gasteiger charge is 2.15. The number of aromatic nitrogens is 1. The van der Waals surface area contributed by atoms with Crippen LogP contribution in [0.25, 0.3) is 0 Å². The fourth-order valence-electron chi connectivity index (χ4n) is 1.80. The number of nitrogens with two attached hydrogens (primary N) is 1. The van der Waals surface area contributed by atoms with Crippen LogP contribution in [-0.2, 0) is 4.74 Å². The molecule has 0 radical (unpaired) electrons. The first-order chi connectivity index (χ1) is 10.0. The fraction of sp³-hybridized carbons (Fsp3) is 0.200. The molecule has 0 spiro atoms. The average Bonchev–Trinajstić information content (AvgIpc) is 2.45.